The van der Waals surface area contributed by atoms with Crippen molar-refractivity contribution in [3.63, 3.8) is 0 Å². The number of thiophene rings is 1. The normalized spacial score (nSPS) is 13.6. The number of hydrogen-bond acceptors (Lipinski definition) is 8. The molecular formula is C18H15N3O3S3. The van der Waals surface area contributed by atoms with E-state index >= 15 is 0 Å². The monoisotopic (exact) mass is 417 g/mol. The molecule has 0 aliphatic carbocycles. The van der Waals surface area contributed by atoms with Gasteiger partial charge in [0.2, 0.25) is 0 Å². The highest BCUT2D eigenvalue weighted by atomic mass is 32.1. The topological polar surface area (TPSA) is 95.3 Å². The van der Waals surface area contributed by atoms with E-state index in [9.17, 15) is 15.0 Å². The van der Waals surface area contributed by atoms with Gasteiger partial charge >= 0.3 is 0 Å². The van der Waals surface area contributed by atoms with Crippen molar-refractivity contribution in [1.29, 1.82) is 0 Å². The molecule has 6 nitrogen and oxygen atoms in total. The second-order valence-corrected chi connectivity index (χ2v) is 9.06. The molecule has 1 amide bonds. The van der Waals surface area contributed by atoms with Crippen LogP contribution >= 0.6 is 34.0 Å². The molecular weight excluding hydrogens is 402 g/mol. The molecule has 1 aromatic carbocycles. The minimum Gasteiger partial charge on any atom is -0.383 e. The number of anilines is 1. The molecule has 2 atom stereocenters. The number of aliphatic hydroxyl groups excluding tert-OH is 2. The molecule has 4 rings (SSSR count). The van der Waals surface area contributed by atoms with Crippen LogP contribution in [0.5, 0.6) is 0 Å². The van der Waals surface area contributed by atoms with Crippen LogP contribution in [-0.4, -0.2) is 32.2 Å². The molecule has 2 unspecified atom stereocenters. The Balaban J connectivity index is 1.46. The maximum absolute atomic E-state index is 12.3. The number of aryl methyl sites for hydroxylation is 1. The predicted molar refractivity (Wildman–Crippen MR) is 109 cm³/mol. The highest BCUT2D eigenvalue weighted by Crippen LogP contribution is 2.31. The first-order valence-corrected chi connectivity index (χ1v) is 10.6. The van der Waals surface area contributed by atoms with Crippen molar-refractivity contribution in [3.8, 4) is 10.6 Å². The maximum atomic E-state index is 12.3. The van der Waals surface area contributed by atoms with E-state index in [2.05, 4.69) is 15.3 Å². The van der Waals surface area contributed by atoms with E-state index in [1.165, 1.54) is 27.6 Å². The van der Waals surface area contributed by atoms with Gasteiger partial charge in [-0.05, 0) is 31.2 Å². The van der Waals surface area contributed by atoms with Gasteiger partial charge in [0.1, 0.15) is 11.1 Å². The fourth-order valence-electron chi connectivity index (χ4n) is 2.49. The van der Waals surface area contributed by atoms with Crippen LogP contribution in [0.25, 0.3) is 20.8 Å². The van der Waals surface area contributed by atoms with Gasteiger partial charge in [0.15, 0.2) is 11.2 Å². The number of nitrogens with zero attached hydrogens (tertiary/aromatic N) is 2. The molecule has 9 heteroatoms. The SMILES string of the molecule is Cc1ccc(-c2csc(NC(=O)C(O)C(O)c3nc4ccccc4s3)n2)s1. The van der Waals surface area contributed by atoms with Crippen molar-refractivity contribution >= 4 is 55.3 Å². The molecule has 0 radical (unpaired) electrons. The van der Waals surface area contributed by atoms with Crippen molar-refractivity contribution < 1.29 is 15.0 Å². The van der Waals surface area contributed by atoms with Gasteiger partial charge in [0.05, 0.1) is 20.8 Å². The summed E-state index contributed by atoms with van der Waals surface area (Å²) in [5, 5.41) is 25.7. The fraction of sp³-hybridized carbons (Fsp3) is 0.167. The number of aliphatic hydroxyl groups is 2. The minimum absolute atomic E-state index is 0.299. The Morgan fingerprint density at radius 3 is 2.67 bits per heavy atom. The van der Waals surface area contributed by atoms with Crippen LogP contribution in [0.4, 0.5) is 5.13 Å². The van der Waals surface area contributed by atoms with Crippen molar-refractivity contribution in [2.45, 2.75) is 19.1 Å². The van der Waals surface area contributed by atoms with E-state index in [0.717, 1.165) is 20.8 Å². The van der Waals surface area contributed by atoms with Gasteiger partial charge in [0.25, 0.3) is 5.91 Å². The molecule has 0 aliphatic rings. The van der Waals surface area contributed by atoms with E-state index in [1.807, 2.05) is 48.7 Å². The summed E-state index contributed by atoms with van der Waals surface area (Å²) in [4.78, 5) is 23.2. The van der Waals surface area contributed by atoms with E-state index in [1.54, 1.807) is 11.3 Å². The van der Waals surface area contributed by atoms with Crippen molar-refractivity contribution in [2.75, 3.05) is 5.32 Å². The van der Waals surface area contributed by atoms with E-state index in [4.69, 9.17) is 0 Å². The number of hydrogen-bond donors (Lipinski definition) is 3. The van der Waals surface area contributed by atoms with Crippen LogP contribution in [0.2, 0.25) is 0 Å². The molecule has 0 saturated carbocycles. The van der Waals surface area contributed by atoms with Gasteiger partial charge in [-0.15, -0.1) is 34.0 Å². The lowest BCUT2D eigenvalue weighted by Crippen LogP contribution is -2.33. The summed E-state index contributed by atoms with van der Waals surface area (Å²) in [6.45, 7) is 2.02. The number of carbonyl (C=O) groups is 1. The summed E-state index contributed by atoms with van der Waals surface area (Å²) in [5.74, 6) is -0.718. The summed E-state index contributed by atoms with van der Waals surface area (Å²) < 4.78 is 0.884. The van der Waals surface area contributed by atoms with Gasteiger partial charge in [-0.2, -0.15) is 0 Å². The highest BCUT2D eigenvalue weighted by molar-refractivity contribution is 7.18. The predicted octanol–water partition coefficient (Wildman–Crippen LogP) is 3.82. The number of nitrogens with one attached hydrogen (secondary N) is 1. The van der Waals surface area contributed by atoms with Gasteiger partial charge in [-0.25, -0.2) is 9.97 Å². The summed E-state index contributed by atoms with van der Waals surface area (Å²) in [6.07, 6.45) is -3.04. The summed E-state index contributed by atoms with van der Waals surface area (Å²) in [5.41, 5.74) is 1.49. The average molecular weight is 418 g/mol. The van der Waals surface area contributed by atoms with Crippen LogP contribution in [-0.2, 0) is 4.79 Å². The van der Waals surface area contributed by atoms with Crippen LogP contribution in [0, 0.1) is 6.92 Å². The Kier molecular flexibility index (Phi) is 5.02. The van der Waals surface area contributed by atoms with Crippen molar-refractivity contribution in [2.24, 2.45) is 0 Å². The number of para-hydroxylation sites is 1. The standard InChI is InChI=1S/C18H15N3O3S3/c1-9-6-7-13(26-9)11-8-25-18(20-11)21-16(24)14(22)15(23)17-19-10-4-2-3-5-12(10)27-17/h2-8,14-15,22-23H,1H3,(H,20,21,24). The third-order valence-electron chi connectivity index (χ3n) is 3.86. The second-order valence-electron chi connectivity index (χ2n) is 5.85. The first kappa shape index (κ1) is 18.2. The van der Waals surface area contributed by atoms with E-state index < -0.39 is 18.1 Å². The minimum atomic E-state index is -1.64. The fourth-order valence-corrected chi connectivity index (χ4v) is 5.09. The van der Waals surface area contributed by atoms with E-state index in [0.29, 0.717) is 10.1 Å². The molecule has 0 aliphatic heterocycles. The average Bonchev–Trinajstić information content (AvgIpc) is 3.39. The molecule has 4 aromatic rings. The number of amides is 1. The first-order chi connectivity index (χ1) is 13.0. The zero-order valence-corrected chi connectivity index (χ0v) is 16.6. The molecule has 3 heterocycles. The first-order valence-electron chi connectivity index (χ1n) is 8.06. The third kappa shape index (κ3) is 3.78. The van der Waals surface area contributed by atoms with Crippen LogP contribution in [0.1, 0.15) is 16.0 Å². The second kappa shape index (κ2) is 7.45. The lowest BCUT2D eigenvalue weighted by molar-refractivity contribution is -0.129. The summed E-state index contributed by atoms with van der Waals surface area (Å²) in [6, 6.07) is 11.4. The molecule has 0 saturated heterocycles. The highest BCUT2D eigenvalue weighted by Gasteiger charge is 2.29. The zero-order chi connectivity index (χ0) is 19.0. The van der Waals surface area contributed by atoms with Crippen LogP contribution in [0.15, 0.2) is 41.8 Å². The zero-order valence-electron chi connectivity index (χ0n) is 14.1. The van der Waals surface area contributed by atoms with E-state index in [-0.39, 0.29) is 0 Å². The molecule has 0 bridgehead atoms. The van der Waals surface area contributed by atoms with Gasteiger partial charge in [-0.1, -0.05) is 12.1 Å². The van der Waals surface area contributed by atoms with Crippen molar-refractivity contribution in [1.82, 2.24) is 9.97 Å². The summed E-state index contributed by atoms with van der Waals surface area (Å²) >= 11 is 4.14. The Labute approximate surface area is 166 Å². The molecule has 3 aromatic heterocycles. The number of aromatic nitrogens is 2. The summed E-state index contributed by atoms with van der Waals surface area (Å²) in [7, 11) is 0. The number of carbonyl (C=O) groups excluding carboxylic acids is 1. The Morgan fingerprint density at radius 2 is 1.93 bits per heavy atom. The third-order valence-corrected chi connectivity index (χ3v) is 6.75. The molecule has 27 heavy (non-hydrogen) atoms. The quantitative estimate of drug-likeness (QED) is 0.459. The number of benzene rings is 1. The Morgan fingerprint density at radius 1 is 1.11 bits per heavy atom. The number of thiazole rings is 2. The van der Waals surface area contributed by atoms with Crippen LogP contribution in [0.3, 0.4) is 0 Å². The number of fused-ring (bicyclic) bond motifs is 1. The van der Waals surface area contributed by atoms with Gasteiger partial charge < -0.3 is 10.2 Å². The lowest BCUT2D eigenvalue weighted by atomic mass is 10.2. The van der Waals surface area contributed by atoms with Gasteiger partial charge in [-0.3, -0.25) is 10.1 Å². The largest absolute Gasteiger partial charge is 0.383 e. The Bertz CT molecular complexity index is 1070. The number of rotatable bonds is 5. The molecule has 138 valence electrons. The van der Waals surface area contributed by atoms with Crippen molar-refractivity contribution in [3.05, 3.63) is 51.7 Å². The molecule has 0 spiro atoms. The van der Waals surface area contributed by atoms with Crippen LogP contribution < -0.4 is 5.32 Å². The molecule has 3 N–H and O–H groups in total. The Hall–Kier alpha value is -2.17. The smallest absolute Gasteiger partial charge is 0.258 e. The maximum Gasteiger partial charge on any atom is 0.258 e. The lowest BCUT2D eigenvalue weighted by Gasteiger charge is -2.14. The molecule has 0 fully saturated rings. The van der Waals surface area contributed by atoms with Gasteiger partial charge in [0, 0.05) is 10.3 Å².